The van der Waals surface area contributed by atoms with Crippen molar-refractivity contribution in [3.63, 3.8) is 0 Å². The van der Waals surface area contributed by atoms with Crippen molar-refractivity contribution in [2.45, 2.75) is 4.90 Å². The lowest BCUT2D eigenvalue weighted by Gasteiger charge is -2.15. The first-order valence-electron chi connectivity index (χ1n) is 5.27. The Kier molecular flexibility index (Phi) is 3.96. The van der Waals surface area contributed by atoms with Crippen molar-refractivity contribution in [2.24, 2.45) is 0 Å². The molecule has 1 aromatic rings. The molecule has 0 bridgehead atoms. The van der Waals surface area contributed by atoms with Crippen molar-refractivity contribution in [1.29, 1.82) is 0 Å². The van der Waals surface area contributed by atoms with Crippen LogP contribution >= 0.6 is 23.4 Å². The number of rotatable bonds is 3. The summed E-state index contributed by atoms with van der Waals surface area (Å²) in [5.41, 5.74) is 2.59. The highest BCUT2D eigenvalue weighted by Gasteiger charge is 2.28. The maximum absolute atomic E-state index is 12.0. The summed E-state index contributed by atoms with van der Waals surface area (Å²) in [5.74, 6) is -1.000. The average molecular weight is 300 g/mol. The molecule has 2 N–H and O–H groups in total. The predicted molar refractivity (Wildman–Crippen MR) is 70.9 cm³/mol. The second-order valence-corrected chi connectivity index (χ2v) is 5.01. The lowest BCUT2D eigenvalue weighted by Crippen LogP contribution is -2.44. The van der Waals surface area contributed by atoms with Crippen LogP contribution in [0.5, 0.6) is 0 Å². The Morgan fingerprint density at radius 1 is 1.47 bits per heavy atom. The van der Waals surface area contributed by atoms with Gasteiger partial charge in [-0.25, -0.2) is 9.80 Å². The molecule has 1 heterocycles. The summed E-state index contributed by atoms with van der Waals surface area (Å²) in [6.45, 7) is -0.204. The summed E-state index contributed by atoms with van der Waals surface area (Å²) < 4.78 is 0. The SMILES string of the molecule is CSc1ccc(Cl)c(C(=O)NN2CC(=O)NC2=O)c1. The molecule has 0 radical (unpaired) electrons. The van der Waals surface area contributed by atoms with Crippen molar-refractivity contribution in [2.75, 3.05) is 12.8 Å². The van der Waals surface area contributed by atoms with Crippen LogP contribution in [0.2, 0.25) is 5.02 Å². The topological polar surface area (TPSA) is 78.5 Å². The third-order valence-corrected chi connectivity index (χ3v) is 3.50. The van der Waals surface area contributed by atoms with E-state index in [1.54, 1.807) is 18.2 Å². The fourth-order valence-corrected chi connectivity index (χ4v) is 2.16. The van der Waals surface area contributed by atoms with Gasteiger partial charge in [0.15, 0.2) is 0 Å². The highest BCUT2D eigenvalue weighted by molar-refractivity contribution is 7.98. The van der Waals surface area contributed by atoms with Crippen molar-refractivity contribution >= 4 is 41.2 Å². The summed E-state index contributed by atoms with van der Waals surface area (Å²) in [7, 11) is 0. The van der Waals surface area contributed by atoms with E-state index in [2.05, 4.69) is 10.7 Å². The number of hydrazine groups is 1. The second kappa shape index (κ2) is 5.50. The van der Waals surface area contributed by atoms with Gasteiger partial charge in [0.25, 0.3) is 5.91 Å². The van der Waals surface area contributed by atoms with Gasteiger partial charge in [0, 0.05) is 4.90 Å². The molecule has 1 saturated heterocycles. The van der Waals surface area contributed by atoms with Gasteiger partial charge in [0.2, 0.25) is 5.91 Å². The molecule has 1 aliphatic heterocycles. The molecule has 8 heteroatoms. The summed E-state index contributed by atoms with van der Waals surface area (Å²) in [6.07, 6.45) is 1.87. The number of imide groups is 1. The number of urea groups is 1. The Labute approximate surface area is 118 Å². The summed E-state index contributed by atoms with van der Waals surface area (Å²) >= 11 is 7.41. The molecule has 0 aliphatic carbocycles. The first kappa shape index (κ1) is 13.7. The minimum absolute atomic E-state index is 0.204. The molecule has 1 aromatic carbocycles. The van der Waals surface area contributed by atoms with Crippen LogP contribution < -0.4 is 10.7 Å². The van der Waals surface area contributed by atoms with Crippen LogP contribution in [-0.4, -0.2) is 35.7 Å². The summed E-state index contributed by atoms with van der Waals surface area (Å²) in [6, 6.07) is 4.36. The number of thioether (sulfide) groups is 1. The number of nitrogens with zero attached hydrogens (tertiary/aromatic N) is 1. The number of carbonyl (C=O) groups is 3. The lowest BCUT2D eigenvalue weighted by molar-refractivity contribution is -0.118. The number of halogens is 1. The predicted octanol–water partition coefficient (Wildman–Crippen LogP) is 1.26. The van der Waals surface area contributed by atoms with E-state index >= 15 is 0 Å². The van der Waals surface area contributed by atoms with Crippen LogP contribution in [0.3, 0.4) is 0 Å². The van der Waals surface area contributed by atoms with E-state index in [9.17, 15) is 14.4 Å². The molecule has 0 aromatic heterocycles. The van der Waals surface area contributed by atoms with Gasteiger partial charge in [-0.3, -0.25) is 20.3 Å². The Hall–Kier alpha value is -1.73. The Morgan fingerprint density at radius 3 is 2.79 bits per heavy atom. The Balaban J connectivity index is 2.16. The zero-order chi connectivity index (χ0) is 14.0. The van der Waals surface area contributed by atoms with E-state index in [1.807, 2.05) is 6.26 Å². The number of amides is 4. The molecule has 100 valence electrons. The van der Waals surface area contributed by atoms with Gasteiger partial charge in [-0.05, 0) is 24.5 Å². The van der Waals surface area contributed by atoms with E-state index in [0.29, 0.717) is 0 Å². The monoisotopic (exact) mass is 299 g/mol. The highest BCUT2D eigenvalue weighted by atomic mass is 35.5. The van der Waals surface area contributed by atoms with Crippen LogP contribution in [0.25, 0.3) is 0 Å². The zero-order valence-electron chi connectivity index (χ0n) is 9.90. The first-order valence-corrected chi connectivity index (χ1v) is 6.87. The van der Waals surface area contributed by atoms with Crippen molar-refractivity contribution in [1.82, 2.24) is 15.8 Å². The van der Waals surface area contributed by atoms with E-state index in [0.717, 1.165) is 9.90 Å². The molecular weight excluding hydrogens is 290 g/mol. The third-order valence-electron chi connectivity index (χ3n) is 2.45. The molecule has 0 atom stereocenters. The standard InChI is InChI=1S/C11H10ClN3O3S/c1-19-6-2-3-8(12)7(4-6)10(17)14-15-5-9(16)13-11(15)18/h2-4H,5H2,1H3,(H,14,17)(H,13,16,18). The lowest BCUT2D eigenvalue weighted by atomic mass is 10.2. The van der Waals surface area contributed by atoms with Crippen molar-refractivity contribution in [3.8, 4) is 0 Å². The molecule has 1 aliphatic rings. The minimum Gasteiger partial charge on any atom is -0.275 e. The van der Waals surface area contributed by atoms with Gasteiger partial charge in [0.1, 0.15) is 6.54 Å². The van der Waals surface area contributed by atoms with Crippen LogP contribution in [0.4, 0.5) is 4.79 Å². The third kappa shape index (κ3) is 2.99. The van der Waals surface area contributed by atoms with E-state index in [1.165, 1.54) is 11.8 Å². The molecule has 4 amide bonds. The molecule has 1 fully saturated rings. The van der Waals surface area contributed by atoms with Crippen LogP contribution in [-0.2, 0) is 4.79 Å². The van der Waals surface area contributed by atoms with Gasteiger partial charge in [-0.2, -0.15) is 0 Å². The molecule has 0 spiro atoms. The van der Waals surface area contributed by atoms with E-state index in [4.69, 9.17) is 11.6 Å². The zero-order valence-corrected chi connectivity index (χ0v) is 11.5. The molecule has 19 heavy (non-hydrogen) atoms. The van der Waals surface area contributed by atoms with Gasteiger partial charge in [-0.15, -0.1) is 11.8 Å². The number of hydrogen-bond acceptors (Lipinski definition) is 4. The maximum atomic E-state index is 12.0. The number of nitrogens with one attached hydrogen (secondary N) is 2. The molecule has 0 saturated carbocycles. The highest BCUT2D eigenvalue weighted by Crippen LogP contribution is 2.23. The van der Waals surface area contributed by atoms with Crippen molar-refractivity contribution in [3.05, 3.63) is 28.8 Å². The number of carbonyl (C=O) groups excluding carboxylic acids is 3. The largest absolute Gasteiger partial charge is 0.343 e. The van der Waals surface area contributed by atoms with Crippen LogP contribution in [0, 0.1) is 0 Å². The Morgan fingerprint density at radius 2 is 2.21 bits per heavy atom. The number of hydrogen-bond donors (Lipinski definition) is 2. The fraction of sp³-hybridized carbons (Fsp3) is 0.182. The molecule has 6 nitrogen and oxygen atoms in total. The van der Waals surface area contributed by atoms with Crippen molar-refractivity contribution < 1.29 is 14.4 Å². The molecular formula is C11H10ClN3O3S. The van der Waals surface area contributed by atoms with E-state index in [-0.39, 0.29) is 17.1 Å². The summed E-state index contributed by atoms with van der Waals surface area (Å²) in [5, 5.41) is 3.25. The Bertz CT molecular complexity index is 564. The van der Waals surface area contributed by atoms with Gasteiger partial charge < -0.3 is 0 Å². The summed E-state index contributed by atoms with van der Waals surface area (Å²) in [4.78, 5) is 35.2. The van der Waals surface area contributed by atoms with Gasteiger partial charge in [-0.1, -0.05) is 11.6 Å². The fourth-order valence-electron chi connectivity index (χ4n) is 1.52. The van der Waals surface area contributed by atoms with Crippen LogP contribution in [0.1, 0.15) is 10.4 Å². The maximum Gasteiger partial charge on any atom is 0.343 e. The first-order chi connectivity index (χ1) is 9.01. The number of benzene rings is 1. The normalized spacial score (nSPS) is 14.5. The molecule has 2 rings (SSSR count). The van der Waals surface area contributed by atoms with E-state index < -0.39 is 17.8 Å². The van der Waals surface area contributed by atoms with Gasteiger partial charge in [0.05, 0.1) is 10.6 Å². The quantitative estimate of drug-likeness (QED) is 0.650. The molecule has 0 unspecified atom stereocenters. The second-order valence-electron chi connectivity index (χ2n) is 3.73. The minimum atomic E-state index is -0.657. The van der Waals surface area contributed by atoms with Gasteiger partial charge >= 0.3 is 6.03 Å². The average Bonchev–Trinajstić information content (AvgIpc) is 2.68. The van der Waals surface area contributed by atoms with Crippen LogP contribution in [0.15, 0.2) is 23.1 Å². The smallest absolute Gasteiger partial charge is 0.275 e.